The van der Waals surface area contributed by atoms with E-state index in [0.29, 0.717) is 17.8 Å². The van der Waals surface area contributed by atoms with Gasteiger partial charge in [-0.1, -0.05) is 50.3 Å². The predicted molar refractivity (Wildman–Crippen MR) is 132 cm³/mol. The van der Waals surface area contributed by atoms with Gasteiger partial charge in [-0.15, -0.1) is 16.9 Å². The summed E-state index contributed by atoms with van der Waals surface area (Å²) in [6.07, 6.45) is 1.22. The SMILES string of the molecule is C[C@@H](OC(=O)c1ccc(SC(C)(C)C(=O)O)cc1)c1cn(Cc2ccc(C(C)(C)C)cc2)nn1. The van der Waals surface area contributed by atoms with Gasteiger partial charge in [0, 0.05) is 4.90 Å². The Labute approximate surface area is 204 Å². The summed E-state index contributed by atoms with van der Waals surface area (Å²) < 4.78 is 6.33. The highest BCUT2D eigenvalue weighted by molar-refractivity contribution is 8.01. The molecule has 0 aliphatic rings. The van der Waals surface area contributed by atoms with Crippen LogP contribution in [-0.4, -0.2) is 36.8 Å². The first kappa shape index (κ1) is 25.5. The van der Waals surface area contributed by atoms with E-state index < -0.39 is 22.8 Å². The fourth-order valence-electron chi connectivity index (χ4n) is 3.16. The second kappa shape index (κ2) is 10.0. The van der Waals surface area contributed by atoms with Crippen LogP contribution >= 0.6 is 11.8 Å². The number of aliphatic carboxylic acids is 1. The molecule has 0 unspecified atom stereocenters. The number of nitrogens with zero attached hydrogens (tertiary/aromatic N) is 3. The first-order valence-corrected chi connectivity index (χ1v) is 11.9. The van der Waals surface area contributed by atoms with Crippen LogP contribution < -0.4 is 0 Å². The molecule has 180 valence electrons. The van der Waals surface area contributed by atoms with Crippen molar-refractivity contribution in [1.82, 2.24) is 15.0 Å². The normalized spacial score (nSPS) is 12.9. The number of hydrogen-bond donors (Lipinski definition) is 1. The Kier molecular flexibility index (Phi) is 7.51. The van der Waals surface area contributed by atoms with E-state index in [0.717, 1.165) is 10.5 Å². The van der Waals surface area contributed by atoms with Crippen molar-refractivity contribution in [3.63, 3.8) is 0 Å². The number of thioether (sulfide) groups is 1. The van der Waals surface area contributed by atoms with Crippen LogP contribution in [0.5, 0.6) is 0 Å². The third-order valence-electron chi connectivity index (χ3n) is 5.40. The van der Waals surface area contributed by atoms with Crippen molar-refractivity contribution in [3.05, 3.63) is 77.1 Å². The van der Waals surface area contributed by atoms with Crippen LogP contribution in [0.15, 0.2) is 59.6 Å². The summed E-state index contributed by atoms with van der Waals surface area (Å²) in [7, 11) is 0. The number of carboxylic acid groups (broad SMARTS) is 1. The number of benzene rings is 2. The lowest BCUT2D eigenvalue weighted by molar-refractivity contribution is -0.138. The summed E-state index contributed by atoms with van der Waals surface area (Å²) in [6.45, 7) is 12.1. The van der Waals surface area contributed by atoms with Crippen LogP contribution in [0.3, 0.4) is 0 Å². The van der Waals surface area contributed by atoms with Gasteiger partial charge in [0.1, 0.15) is 16.5 Å². The maximum atomic E-state index is 12.6. The molecule has 0 saturated heterocycles. The second-order valence-electron chi connectivity index (χ2n) is 9.78. The lowest BCUT2D eigenvalue weighted by Gasteiger charge is -2.19. The van der Waals surface area contributed by atoms with E-state index in [9.17, 15) is 14.7 Å². The molecule has 1 heterocycles. The number of rotatable bonds is 8. The molecule has 8 heteroatoms. The molecule has 0 spiro atoms. The van der Waals surface area contributed by atoms with E-state index in [-0.39, 0.29) is 5.41 Å². The van der Waals surface area contributed by atoms with Crippen LogP contribution in [0.1, 0.15) is 74.8 Å². The average Bonchev–Trinajstić information content (AvgIpc) is 3.22. The topological polar surface area (TPSA) is 94.3 Å². The van der Waals surface area contributed by atoms with Crippen LogP contribution in [0, 0.1) is 0 Å². The monoisotopic (exact) mass is 481 g/mol. The van der Waals surface area contributed by atoms with Gasteiger partial charge in [-0.2, -0.15) is 0 Å². The van der Waals surface area contributed by atoms with E-state index in [1.807, 2.05) is 0 Å². The molecule has 0 aliphatic carbocycles. The van der Waals surface area contributed by atoms with Crippen LogP contribution in [0.25, 0.3) is 0 Å². The molecular formula is C26H31N3O4S. The van der Waals surface area contributed by atoms with Gasteiger partial charge in [0.25, 0.3) is 0 Å². The Morgan fingerprint density at radius 3 is 2.21 bits per heavy atom. The standard InChI is InChI=1S/C26H31N3O4S/c1-17(33-23(30)19-9-13-21(14-10-19)34-26(5,6)24(31)32)22-16-29(28-27-22)15-18-7-11-20(12-8-18)25(2,3)4/h7-14,16-17H,15H2,1-6H3,(H,31,32)/t17-/m1/s1. The number of carboxylic acids is 1. The second-order valence-corrected chi connectivity index (χ2v) is 11.5. The van der Waals surface area contributed by atoms with E-state index in [2.05, 4.69) is 55.3 Å². The minimum atomic E-state index is -0.961. The third-order valence-corrected chi connectivity index (χ3v) is 6.59. The average molecular weight is 482 g/mol. The van der Waals surface area contributed by atoms with Crippen molar-refractivity contribution in [2.75, 3.05) is 0 Å². The van der Waals surface area contributed by atoms with Gasteiger partial charge in [-0.25, -0.2) is 9.48 Å². The first-order chi connectivity index (χ1) is 15.8. The minimum Gasteiger partial charge on any atom is -0.480 e. The highest BCUT2D eigenvalue weighted by Gasteiger charge is 2.28. The van der Waals surface area contributed by atoms with Gasteiger partial charge in [-0.05, 0) is 61.6 Å². The molecule has 0 amide bonds. The molecular weight excluding hydrogens is 450 g/mol. The number of aromatic nitrogens is 3. The molecule has 0 fully saturated rings. The molecule has 1 aromatic heterocycles. The molecule has 0 bridgehead atoms. The lowest BCUT2D eigenvalue weighted by atomic mass is 9.87. The Morgan fingerprint density at radius 2 is 1.65 bits per heavy atom. The van der Waals surface area contributed by atoms with Crippen LogP contribution in [0.4, 0.5) is 0 Å². The quantitative estimate of drug-likeness (QED) is 0.335. The van der Waals surface area contributed by atoms with Gasteiger partial charge >= 0.3 is 11.9 Å². The van der Waals surface area contributed by atoms with Crippen molar-refractivity contribution in [3.8, 4) is 0 Å². The number of esters is 1. The van der Waals surface area contributed by atoms with Crippen molar-refractivity contribution in [2.45, 2.75) is 69.2 Å². The predicted octanol–water partition coefficient (Wildman–Crippen LogP) is 5.50. The molecule has 3 aromatic rings. The van der Waals surface area contributed by atoms with Crippen molar-refractivity contribution < 1.29 is 19.4 Å². The number of ether oxygens (including phenoxy) is 1. The zero-order valence-electron chi connectivity index (χ0n) is 20.4. The Balaban J connectivity index is 1.59. The molecule has 0 saturated carbocycles. The lowest BCUT2D eigenvalue weighted by Crippen LogP contribution is -2.26. The molecule has 0 aliphatic heterocycles. The number of carbonyl (C=O) groups excluding carboxylic acids is 1. The van der Waals surface area contributed by atoms with Crippen molar-refractivity contribution in [1.29, 1.82) is 0 Å². The van der Waals surface area contributed by atoms with Gasteiger partial charge in [0.2, 0.25) is 0 Å². The fraction of sp³-hybridized carbons (Fsp3) is 0.385. The van der Waals surface area contributed by atoms with Crippen LogP contribution in [0.2, 0.25) is 0 Å². The van der Waals surface area contributed by atoms with Crippen molar-refractivity contribution >= 4 is 23.7 Å². The largest absolute Gasteiger partial charge is 0.480 e. The summed E-state index contributed by atoms with van der Waals surface area (Å²) in [5.41, 5.74) is 3.43. The summed E-state index contributed by atoms with van der Waals surface area (Å²) in [5.74, 6) is -1.38. The van der Waals surface area contributed by atoms with Gasteiger partial charge < -0.3 is 9.84 Å². The van der Waals surface area contributed by atoms with E-state index in [4.69, 9.17) is 4.74 Å². The summed E-state index contributed by atoms with van der Waals surface area (Å²) in [4.78, 5) is 24.6. The first-order valence-electron chi connectivity index (χ1n) is 11.1. The highest BCUT2D eigenvalue weighted by Crippen LogP contribution is 2.33. The third kappa shape index (κ3) is 6.47. The molecule has 7 nitrogen and oxygen atoms in total. The zero-order valence-corrected chi connectivity index (χ0v) is 21.2. The van der Waals surface area contributed by atoms with E-state index in [1.165, 1.54) is 17.3 Å². The molecule has 1 atom stereocenters. The summed E-state index contributed by atoms with van der Waals surface area (Å²) in [5, 5.41) is 17.6. The van der Waals surface area contributed by atoms with Crippen molar-refractivity contribution in [2.24, 2.45) is 0 Å². The Bertz CT molecular complexity index is 1150. The smallest absolute Gasteiger partial charge is 0.338 e. The summed E-state index contributed by atoms with van der Waals surface area (Å²) >= 11 is 1.22. The number of hydrogen-bond acceptors (Lipinski definition) is 6. The maximum Gasteiger partial charge on any atom is 0.338 e. The molecule has 2 aromatic carbocycles. The zero-order chi connectivity index (χ0) is 25.1. The van der Waals surface area contributed by atoms with E-state index in [1.54, 1.807) is 55.9 Å². The van der Waals surface area contributed by atoms with E-state index >= 15 is 0 Å². The number of carbonyl (C=O) groups is 2. The Morgan fingerprint density at radius 1 is 1.03 bits per heavy atom. The van der Waals surface area contributed by atoms with Gasteiger partial charge in [-0.3, -0.25) is 4.79 Å². The molecule has 0 radical (unpaired) electrons. The molecule has 3 rings (SSSR count). The fourth-order valence-corrected chi connectivity index (χ4v) is 4.11. The van der Waals surface area contributed by atoms with Gasteiger partial charge in [0.15, 0.2) is 0 Å². The van der Waals surface area contributed by atoms with Gasteiger partial charge in [0.05, 0.1) is 18.3 Å². The molecule has 1 N–H and O–H groups in total. The molecule has 34 heavy (non-hydrogen) atoms. The highest BCUT2D eigenvalue weighted by atomic mass is 32.2. The van der Waals surface area contributed by atoms with Crippen LogP contribution in [-0.2, 0) is 21.5 Å². The minimum absolute atomic E-state index is 0.104. The maximum absolute atomic E-state index is 12.6. The Hall–Kier alpha value is -3.13. The summed E-state index contributed by atoms with van der Waals surface area (Å²) in [6, 6.07) is 15.1.